The molecule has 0 radical (unpaired) electrons. The van der Waals surface area contributed by atoms with E-state index in [1.54, 1.807) is 18.9 Å². The van der Waals surface area contributed by atoms with Crippen molar-refractivity contribution in [3.63, 3.8) is 0 Å². The van der Waals surface area contributed by atoms with E-state index in [-0.39, 0.29) is 0 Å². The molecule has 4 heteroatoms. The Morgan fingerprint density at radius 2 is 2.00 bits per heavy atom. The summed E-state index contributed by atoms with van der Waals surface area (Å²) in [5, 5.41) is 10.2. The van der Waals surface area contributed by atoms with E-state index in [0.29, 0.717) is 5.75 Å². The molecule has 1 atom stereocenters. The summed E-state index contributed by atoms with van der Waals surface area (Å²) < 4.78 is 5.15. The van der Waals surface area contributed by atoms with E-state index in [9.17, 15) is 5.11 Å². The van der Waals surface area contributed by atoms with E-state index in [1.165, 1.54) is 0 Å². The van der Waals surface area contributed by atoms with Crippen LogP contribution in [0.5, 0.6) is 5.75 Å². The molecule has 0 bridgehead atoms. The summed E-state index contributed by atoms with van der Waals surface area (Å²) in [6.45, 7) is 0. The normalized spacial score (nSPS) is 12.1. The molecule has 3 N–H and O–H groups in total. The van der Waals surface area contributed by atoms with Crippen LogP contribution in [0.15, 0.2) is 53.4 Å². The number of aliphatic hydroxyl groups excluding tert-OH is 1. The number of thioether (sulfide) groups is 1. The summed E-state index contributed by atoms with van der Waals surface area (Å²) in [7, 11) is 1.62. The lowest BCUT2D eigenvalue weighted by molar-refractivity contribution is 0.203. The number of aliphatic hydroxyl groups is 1. The molecule has 2 rings (SSSR count). The highest BCUT2D eigenvalue weighted by atomic mass is 32.2. The maximum Gasteiger partial charge on any atom is 0.119 e. The van der Waals surface area contributed by atoms with Gasteiger partial charge in [0.05, 0.1) is 13.2 Å². The Morgan fingerprint density at radius 3 is 2.74 bits per heavy atom. The molecule has 0 amide bonds. The van der Waals surface area contributed by atoms with Crippen LogP contribution < -0.4 is 10.5 Å². The van der Waals surface area contributed by atoms with Gasteiger partial charge in [-0.05, 0) is 35.9 Å². The highest BCUT2D eigenvalue weighted by molar-refractivity contribution is 7.99. The summed E-state index contributed by atoms with van der Waals surface area (Å²) in [4.78, 5) is 1.06. The van der Waals surface area contributed by atoms with Gasteiger partial charge in [-0.25, -0.2) is 0 Å². The molecule has 19 heavy (non-hydrogen) atoms. The maximum atomic E-state index is 10.2. The Morgan fingerprint density at radius 1 is 1.21 bits per heavy atom. The monoisotopic (exact) mass is 275 g/mol. The minimum absolute atomic E-state index is 0.526. The molecule has 0 heterocycles. The molecule has 0 aliphatic carbocycles. The van der Waals surface area contributed by atoms with Gasteiger partial charge in [0, 0.05) is 16.3 Å². The second kappa shape index (κ2) is 6.50. The van der Waals surface area contributed by atoms with Crippen molar-refractivity contribution in [2.45, 2.75) is 11.0 Å². The molecule has 0 aliphatic rings. The van der Waals surface area contributed by atoms with Crippen molar-refractivity contribution in [3.8, 4) is 5.75 Å². The Hall–Kier alpha value is -1.65. The first kappa shape index (κ1) is 13.8. The SMILES string of the molecule is COc1cccc(C(O)CSc2cccc(N)c2)c1. The Kier molecular flexibility index (Phi) is 4.71. The molecule has 2 aromatic rings. The van der Waals surface area contributed by atoms with Gasteiger partial charge in [-0.3, -0.25) is 0 Å². The minimum atomic E-state index is -0.526. The molecule has 1 unspecified atom stereocenters. The van der Waals surface area contributed by atoms with Gasteiger partial charge in [-0.15, -0.1) is 11.8 Å². The van der Waals surface area contributed by atoms with Gasteiger partial charge >= 0.3 is 0 Å². The van der Waals surface area contributed by atoms with Crippen molar-refractivity contribution in [1.29, 1.82) is 0 Å². The molecular formula is C15H17NO2S. The predicted molar refractivity (Wildman–Crippen MR) is 79.5 cm³/mol. The molecule has 100 valence electrons. The van der Waals surface area contributed by atoms with Crippen LogP contribution in [0.2, 0.25) is 0 Å². The predicted octanol–water partition coefficient (Wildman–Crippen LogP) is 3.10. The number of methoxy groups -OCH3 is 1. The van der Waals surface area contributed by atoms with Gasteiger partial charge in [0.2, 0.25) is 0 Å². The Balaban J connectivity index is 1.99. The zero-order valence-electron chi connectivity index (χ0n) is 10.7. The van der Waals surface area contributed by atoms with Crippen LogP contribution in [0.1, 0.15) is 11.7 Å². The molecule has 0 fully saturated rings. The number of nitrogens with two attached hydrogens (primary N) is 1. The van der Waals surface area contributed by atoms with Crippen molar-refractivity contribution >= 4 is 17.4 Å². The molecular weight excluding hydrogens is 258 g/mol. The van der Waals surface area contributed by atoms with Crippen LogP contribution in [0, 0.1) is 0 Å². The lowest BCUT2D eigenvalue weighted by atomic mass is 10.1. The average Bonchev–Trinajstić information content (AvgIpc) is 2.45. The summed E-state index contributed by atoms with van der Waals surface area (Å²) in [5.41, 5.74) is 7.32. The number of rotatable bonds is 5. The molecule has 3 nitrogen and oxygen atoms in total. The first-order valence-corrected chi connectivity index (χ1v) is 6.98. The summed E-state index contributed by atoms with van der Waals surface area (Å²) in [6.07, 6.45) is -0.526. The highest BCUT2D eigenvalue weighted by Gasteiger charge is 2.09. The van der Waals surface area contributed by atoms with Gasteiger partial charge in [-0.1, -0.05) is 18.2 Å². The van der Waals surface area contributed by atoms with Crippen LogP contribution >= 0.6 is 11.8 Å². The van der Waals surface area contributed by atoms with Crippen molar-refractivity contribution in [1.82, 2.24) is 0 Å². The molecule has 2 aromatic carbocycles. The Bertz CT molecular complexity index is 545. The van der Waals surface area contributed by atoms with Crippen LogP contribution in [0.4, 0.5) is 5.69 Å². The van der Waals surface area contributed by atoms with E-state index in [2.05, 4.69) is 0 Å². The topological polar surface area (TPSA) is 55.5 Å². The summed E-state index contributed by atoms with van der Waals surface area (Å²) >= 11 is 1.58. The van der Waals surface area contributed by atoms with Gasteiger partial charge in [0.25, 0.3) is 0 Å². The highest BCUT2D eigenvalue weighted by Crippen LogP contribution is 2.27. The number of nitrogen functional groups attached to an aromatic ring is 1. The van der Waals surface area contributed by atoms with Crippen LogP contribution in [0.3, 0.4) is 0 Å². The number of hydrogen-bond acceptors (Lipinski definition) is 4. The van der Waals surface area contributed by atoms with Crippen molar-refractivity contribution in [2.75, 3.05) is 18.6 Å². The maximum absolute atomic E-state index is 10.2. The number of ether oxygens (including phenoxy) is 1. The lowest BCUT2D eigenvalue weighted by Gasteiger charge is -2.12. The largest absolute Gasteiger partial charge is 0.497 e. The van der Waals surface area contributed by atoms with E-state index in [4.69, 9.17) is 10.5 Å². The van der Waals surface area contributed by atoms with Crippen molar-refractivity contribution < 1.29 is 9.84 Å². The van der Waals surface area contributed by atoms with E-state index in [1.807, 2.05) is 48.5 Å². The van der Waals surface area contributed by atoms with Gasteiger partial charge in [-0.2, -0.15) is 0 Å². The fourth-order valence-corrected chi connectivity index (χ4v) is 2.66. The second-order valence-electron chi connectivity index (χ2n) is 4.18. The molecule has 0 aromatic heterocycles. The number of benzene rings is 2. The minimum Gasteiger partial charge on any atom is -0.497 e. The van der Waals surface area contributed by atoms with Crippen LogP contribution in [-0.2, 0) is 0 Å². The van der Waals surface area contributed by atoms with Crippen LogP contribution in [0.25, 0.3) is 0 Å². The second-order valence-corrected chi connectivity index (χ2v) is 5.27. The first-order chi connectivity index (χ1) is 9.19. The van der Waals surface area contributed by atoms with Gasteiger partial charge in [0.1, 0.15) is 5.75 Å². The third-order valence-electron chi connectivity index (χ3n) is 2.74. The molecule has 0 aliphatic heterocycles. The van der Waals surface area contributed by atoms with Crippen molar-refractivity contribution in [2.24, 2.45) is 0 Å². The fraction of sp³-hybridized carbons (Fsp3) is 0.200. The standard InChI is InChI=1S/C15H17NO2S/c1-18-13-6-2-4-11(8-13)15(17)10-19-14-7-3-5-12(16)9-14/h2-9,15,17H,10,16H2,1H3. The van der Waals surface area contributed by atoms with E-state index >= 15 is 0 Å². The van der Waals surface area contributed by atoms with E-state index < -0.39 is 6.10 Å². The van der Waals surface area contributed by atoms with Gasteiger partial charge in [0.15, 0.2) is 0 Å². The average molecular weight is 275 g/mol. The third kappa shape index (κ3) is 3.91. The third-order valence-corrected chi connectivity index (χ3v) is 3.81. The van der Waals surface area contributed by atoms with Gasteiger partial charge < -0.3 is 15.6 Å². The zero-order chi connectivity index (χ0) is 13.7. The summed E-state index contributed by atoms with van der Waals surface area (Å²) in [6, 6.07) is 15.1. The number of hydrogen-bond donors (Lipinski definition) is 2. The van der Waals surface area contributed by atoms with Crippen LogP contribution in [-0.4, -0.2) is 18.0 Å². The molecule has 0 saturated heterocycles. The lowest BCUT2D eigenvalue weighted by Crippen LogP contribution is -2.01. The van der Waals surface area contributed by atoms with Crippen molar-refractivity contribution in [3.05, 3.63) is 54.1 Å². The smallest absolute Gasteiger partial charge is 0.119 e. The fourth-order valence-electron chi connectivity index (χ4n) is 1.72. The Labute approximate surface area is 117 Å². The zero-order valence-corrected chi connectivity index (χ0v) is 11.6. The molecule has 0 spiro atoms. The van der Waals surface area contributed by atoms with E-state index in [0.717, 1.165) is 21.9 Å². The summed E-state index contributed by atoms with van der Waals surface area (Å²) in [5.74, 6) is 1.34. The number of anilines is 1. The molecule has 0 saturated carbocycles. The first-order valence-electron chi connectivity index (χ1n) is 5.99. The quantitative estimate of drug-likeness (QED) is 0.650.